The van der Waals surface area contributed by atoms with Gasteiger partial charge in [0.25, 0.3) is 0 Å². The molecule has 0 saturated heterocycles. The molecular weight excluding hydrogens is 292 g/mol. The van der Waals surface area contributed by atoms with Crippen molar-refractivity contribution in [3.05, 3.63) is 52.0 Å². The summed E-state index contributed by atoms with van der Waals surface area (Å²) in [6.07, 6.45) is 4.54. The summed E-state index contributed by atoms with van der Waals surface area (Å²) in [5.74, 6) is 0.447. The predicted octanol–water partition coefficient (Wildman–Crippen LogP) is 3.40. The molecule has 0 aliphatic heterocycles. The lowest BCUT2D eigenvalue weighted by Crippen LogP contribution is -2.31. The fraction of sp³-hybridized carbons (Fsp3) is 0.444. The molecule has 0 bridgehead atoms. The Morgan fingerprint density at radius 1 is 1.45 bits per heavy atom. The molecule has 1 saturated carbocycles. The number of hydrogen-bond acceptors (Lipinski definition) is 3. The van der Waals surface area contributed by atoms with Gasteiger partial charge in [-0.05, 0) is 36.8 Å². The van der Waals surface area contributed by atoms with Gasteiger partial charge in [-0.1, -0.05) is 24.3 Å². The standard InChI is InChI=1S/C18H20N2OS/c1-20(10-14-11-22-12-19-14)17(21)16-9-18(16)8-4-6-13-5-2-3-7-15(13)18/h2-3,5,7,11-12,16H,4,6,8-10H2,1H3/t16-,18-/m1/s1. The number of aryl methyl sites for hydroxylation is 1. The molecule has 1 fully saturated rings. The van der Waals surface area contributed by atoms with Gasteiger partial charge >= 0.3 is 0 Å². The van der Waals surface area contributed by atoms with E-state index < -0.39 is 0 Å². The van der Waals surface area contributed by atoms with Gasteiger partial charge in [0.15, 0.2) is 0 Å². The second-order valence-electron chi connectivity index (χ2n) is 6.60. The smallest absolute Gasteiger partial charge is 0.226 e. The molecule has 1 aromatic carbocycles. The summed E-state index contributed by atoms with van der Waals surface area (Å²) >= 11 is 1.58. The number of benzene rings is 1. The van der Waals surface area contributed by atoms with Crippen LogP contribution in [0.4, 0.5) is 0 Å². The van der Waals surface area contributed by atoms with Crippen LogP contribution < -0.4 is 0 Å². The first-order chi connectivity index (χ1) is 10.7. The van der Waals surface area contributed by atoms with Crippen LogP contribution in [-0.2, 0) is 23.2 Å². The fourth-order valence-corrected chi connectivity index (χ4v) is 4.61. The predicted molar refractivity (Wildman–Crippen MR) is 87.8 cm³/mol. The van der Waals surface area contributed by atoms with Crippen LogP contribution in [-0.4, -0.2) is 22.8 Å². The average molecular weight is 312 g/mol. The third-order valence-corrected chi connectivity index (χ3v) is 5.89. The van der Waals surface area contributed by atoms with Crippen molar-refractivity contribution in [1.82, 2.24) is 9.88 Å². The quantitative estimate of drug-likeness (QED) is 0.870. The second-order valence-corrected chi connectivity index (χ2v) is 7.32. The lowest BCUT2D eigenvalue weighted by atomic mass is 9.78. The van der Waals surface area contributed by atoms with Gasteiger partial charge in [-0.3, -0.25) is 4.79 Å². The highest BCUT2D eigenvalue weighted by Gasteiger charge is 2.60. The van der Waals surface area contributed by atoms with E-state index in [9.17, 15) is 4.79 Å². The van der Waals surface area contributed by atoms with E-state index in [1.54, 1.807) is 11.3 Å². The molecule has 1 aromatic heterocycles. The summed E-state index contributed by atoms with van der Waals surface area (Å²) in [6.45, 7) is 0.622. The van der Waals surface area contributed by atoms with Gasteiger partial charge in [0, 0.05) is 23.8 Å². The van der Waals surface area contributed by atoms with Crippen LogP contribution in [0.2, 0.25) is 0 Å². The van der Waals surface area contributed by atoms with Crippen molar-refractivity contribution >= 4 is 17.2 Å². The van der Waals surface area contributed by atoms with Crippen molar-refractivity contribution in [3.63, 3.8) is 0 Å². The van der Waals surface area contributed by atoms with E-state index in [4.69, 9.17) is 0 Å². The average Bonchev–Trinajstić information content (AvgIpc) is 3.00. The summed E-state index contributed by atoms with van der Waals surface area (Å²) in [5, 5.41) is 2.02. The molecule has 0 N–H and O–H groups in total. The van der Waals surface area contributed by atoms with Gasteiger partial charge < -0.3 is 4.90 Å². The number of carbonyl (C=O) groups excluding carboxylic acids is 1. The zero-order valence-electron chi connectivity index (χ0n) is 12.8. The van der Waals surface area contributed by atoms with E-state index in [0.717, 1.165) is 25.0 Å². The fourth-order valence-electron chi connectivity index (χ4n) is 4.06. The molecule has 0 unspecified atom stereocenters. The van der Waals surface area contributed by atoms with Gasteiger partial charge in [-0.25, -0.2) is 4.98 Å². The third-order valence-electron chi connectivity index (χ3n) is 5.26. The number of amides is 1. The second kappa shape index (κ2) is 5.20. The lowest BCUT2D eigenvalue weighted by molar-refractivity contribution is -0.132. The molecule has 0 radical (unpaired) electrons. The largest absolute Gasteiger partial charge is 0.340 e. The van der Waals surface area contributed by atoms with Gasteiger partial charge in [0.1, 0.15) is 0 Å². The van der Waals surface area contributed by atoms with Crippen LogP contribution in [0.3, 0.4) is 0 Å². The zero-order valence-corrected chi connectivity index (χ0v) is 13.6. The number of rotatable bonds is 3. The van der Waals surface area contributed by atoms with Crippen molar-refractivity contribution in [2.75, 3.05) is 7.05 Å². The maximum atomic E-state index is 12.8. The Bertz CT molecular complexity index is 697. The highest BCUT2D eigenvalue weighted by Crippen LogP contribution is 2.60. The highest BCUT2D eigenvalue weighted by atomic mass is 32.1. The maximum absolute atomic E-state index is 12.8. The Morgan fingerprint density at radius 3 is 3.14 bits per heavy atom. The molecule has 1 amide bonds. The Labute approximate surface area is 135 Å². The Kier molecular flexibility index (Phi) is 3.30. The maximum Gasteiger partial charge on any atom is 0.226 e. The van der Waals surface area contributed by atoms with Crippen LogP contribution >= 0.6 is 11.3 Å². The van der Waals surface area contributed by atoms with E-state index in [2.05, 4.69) is 29.2 Å². The topological polar surface area (TPSA) is 33.2 Å². The monoisotopic (exact) mass is 312 g/mol. The molecule has 2 aromatic rings. The molecule has 114 valence electrons. The van der Waals surface area contributed by atoms with Crippen LogP contribution in [0.25, 0.3) is 0 Å². The molecule has 1 spiro atoms. The number of nitrogens with zero attached hydrogens (tertiary/aromatic N) is 2. The number of carbonyl (C=O) groups is 1. The van der Waals surface area contributed by atoms with Gasteiger partial charge in [0.2, 0.25) is 5.91 Å². The van der Waals surface area contributed by atoms with E-state index in [0.29, 0.717) is 6.54 Å². The minimum Gasteiger partial charge on any atom is -0.340 e. The Balaban J connectivity index is 1.53. The first kappa shape index (κ1) is 13.9. The normalized spacial score (nSPS) is 25.8. The summed E-state index contributed by atoms with van der Waals surface area (Å²) in [7, 11) is 1.91. The Hall–Kier alpha value is -1.68. The molecule has 2 aliphatic rings. The van der Waals surface area contributed by atoms with E-state index in [-0.39, 0.29) is 17.2 Å². The number of thiazole rings is 1. The summed E-state index contributed by atoms with van der Waals surface area (Å²) < 4.78 is 0. The van der Waals surface area contributed by atoms with Gasteiger partial charge in [-0.2, -0.15) is 0 Å². The van der Waals surface area contributed by atoms with Crippen molar-refractivity contribution in [2.45, 2.75) is 37.6 Å². The SMILES string of the molecule is CN(Cc1cscn1)C(=O)[C@H]1C[C@@]12CCCc1ccccc12. The lowest BCUT2D eigenvalue weighted by Gasteiger charge is -2.27. The molecule has 2 atom stereocenters. The van der Waals surface area contributed by atoms with Crippen LogP contribution in [0.1, 0.15) is 36.1 Å². The molecule has 1 heterocycles. The van der Waals surface area contributed by atoms with Crippen LogP contribution in [0.15, 0.2) is 35.2 Å². The summed E-state index contributed by atoms with van der Waals surface area (Å²) in [5.41, 5.74) is 5.82. The van der Waals surface area contributed by atoms with Crippen molar-refractivity contribution in [1.29, 1.82) is 0 Å². The van der Waals surface area contributed by atoms with E-state index in [1.807, 2.05) is 22.8 Å². The first-order valence-corrected chi connectivity index (χ1v) is 8.85. The van der Waals surface area contributed by atoms with Gasteiger partial charge in [0.05, 0.1) is 17.7 Å². The molecule has 22 heavy (non-hydrogen) atoms. The highest BCUT2D eigenvalue weighted by molar-refractivity contribution is 7.07. The van der Waals surface area contributed by atoms with Crippen molar-refractivity contribution < 1.29 is 4.79 Å². The van der Waals surface area contributed by atoms with E-state index in [1.165, 1.54) is 17.5 Å². The van der Waals surface area contributed by atoms with E-state index >= 15 is 0 Å². The minimum atomic E-state index is 0.127. The molecule has 4 heteroatoms. The third kappa shape index (κ3) is 2.17. The number of hydrogen-bond donors (Lipinski definition) is 0. The van der Waals surface area contributed by atoms with Crippen LogP contribution in [0.5, 0.6) is 0 Å². The first-order valence-electron chi connectivity index (χ1n) is 7.91. The van der Waals surface area contributed by atoms with Crippen molar-refractivity contribution in [3.8, 4) is 0 Å². The van der Waals surface area contributed by atoms with Crippen molar-refractivity contribution in [2.24, 2.45) is 5.92 Å². The van der Waals surface area contributed by atoms with Crippen LogP contribution in [0, 0.1) is 5.92 Å². The summed E-state index contributed by atoms with van der Waals surface area (Å²) in [4.78, 5) is 19.0. The number of aromatic nitrogens is 1. The molecule has 3 nitrogen and oxygen atoms in total. The zero-order chi connectivity index (χ0) is 15.2. The van der Waals surface area contributed by atoms with Gasteiger partial charge in [-0.15, -0.1) is 11.3 Å². The summed E-state index contributed by atoms with van der Waals surface area (Å²) in [6, 6.07) is 8.70. The molecule has 4 rings (SSSR count). The molecule has 2 aliphatic carbocycles. The minimum absolute atomic E-state index is 0.127. The molecular formula is C18H20N2OS. The Morgan fingerprint density at radius 2 is 2.32 bits per heavy atom. The number of fused-ring (bicyclic) bond motifs is 2.